The SMILES string of the molecule is N#Cc1cccnc1OCC1CCN(c2ccc3nncn3n2)CC1. The molecule has 0 bridgehead atoms. The molecule has 25 heavy (non-hydrogen) atoms. The van der Waals surface area contributed by atoms with Crippen molar-refractivity contribution in [3.05, 3.63) is 42.4 Å². The molecule has 0 N–H and O–H groups in total. The van der Waals surface area contributed by atoms with Gasteiger partial charge in [0.2, 0.25) is 5.88 Å². The normalized spacial score (nSPS) is 15.2. The number of ether oxygens (including phenoxy) is 1. The number of hydrogen-bond acceptors (Lipinski definition) is 7. The lowest BCUT2D eigenvalue weighted by Gasteiger charge is -2.32. The lowest BCUT2D eigenvalue weighted by molar-refractivity contribution is 0.215. The number of nitrogens with zero attached hydrogens (tertiary/aromatic N) is 7. The molecule has 3 aromatic rings. The topological polar surface area (TPSA) is 92.2 Å². The average Bonchev–Trinajstić information content (AvgIpc) is 3.15. The summed E-state index contributed by atoms with van der Waals surface area (Å²) in [7, 11) is 0. The number of pyridine rings is 1. The predicted molar refractivity (Wildman–Crippen MR) is 90.2 cm³/mol. The third-order valence-corrected chi connectivity index (χ3v) is 4.43. The molecule has 0 radical (unpaired) electrons. The molecule has 1 saturated heterocycles. The van der Waals surface area contributed by atoms with Gasteiger partial charge in [-0.25, -0.2) is 4.98 Å². The fourth-order valence-corrected chi connectivity index (χ4v) is 3.00. The van der Waals surface area contributed by atoms with Gasteiger partial charge in [0.05, 0.1) is 6.61 Å². The van der Waals surface area contributed by atoms with Gasteiger partial charge in [-0.1, -0.05) is 0 Å². The Bertz CT molecular complexity index is 909. The van der Waals surface area contributed by atoms with Crippen LogP contribution in [0.4, 0.5) is 5.82 Å². The molecule has 8 nitrogen and oxygen atoms in total. The maximum Gasteiger partial charge on any atom is 0.231 e. The minimum Gasteiger partial charge on any atom is -0.476 e. The standard InChI is InChI=1S/C17H17N7O/c18-10-14-2-1-7-19-17(14)25-11-13-5-8-23(9-6-13)16-4-3-15-21-20-12-24(15)22-16/h1-4,7,12-13H,5-6,8-9,11H2. The Balaban J connectivity index is 1.34. The van der Waals surface area contributed by atoms with Crippen LogP contribution in [0, 0.1) is 17.2 Å². The van der Waals surface area contributed by atoms with Crippen LogP contribution in [0.5, 0.6) is 5.88 Å². The van der Waals surface area contributed by atoms with Gasteiger partial charge in [-0.05, 0) is 43.0 Å². The molecule has 1 aliphatic heterocycles. The Morgan fingerprint density at radius 3 is 2.96 bits per heavy atom. The summed E-state index contributed by atoms with van der Waals surface area (Å²) < 4.78 is 7.46. The van der Waals surface area contributed by atoms with Crippen molar-refractivity contribution < 1.29 is 4.74 Å². The van der Waals surface area contributed by atoms with Crippen molar-refractivity contribution in [2.45, 2.75) is 12.8 Å². The number of aromatic nitrogens is 5. The van der Waals surface area contributed by atoms with E-state index < -0.39 is 0 Å². The highest BCUT2D eigenvalue weighted by Crippen LogP contribution is 2.23. The first-order chi connectivity index (χ1) is 12.3. The maximum absolute atomic E-state index is 9.08. The van der Waals surface area contributed by atoms with Gasteiger partial charge in [0.25, 0.3) is 0 Å². The first-order valence-corrected chi connectivity index (χ1v) is 8.23. The summed E-state index contributed by atoms with van der Waals surface area (Å²) in [6, 6.07) is 9.47. The fourth-order valence-electron chi connectivity index (χ4n) is 3.00. The molecule has 0 unspecified atom stereocenters. The highest BCUT2D eigenvalue weighted by molar-refractivity contribution is 5.45. The van der Waals surface area contributed by atoms with Crippen molar-refractivity contribution in [2.24, 2.45) is 5.92 Å². The molecule has 1 aliphatic rings. The van der Waals surface area contributed by atoms with E-state index in [1.54, 1.807) is 29.2 Å². The van der Waals surface area contributed by atoms with Crippen LogP contribution in [0.3, 0.4) is 0 Å². The predicted octanol–water partition coefficient (Wildman–Crippen LogP) is 1.69. The van der Waals surface area contributed by atoms with E-state index >= 15 is 0 Å². The minimum atomic E-state index is 0.423. The smallest absolute Gasteiger partial charge is 0.231 e. The summed E-state index contributed by atoms with van der Waals surface area (Å²) in [6.45, 7) is 2.42. The Kier molecular flexibility index (Phi) is 4.12. The zero-order valence-electron chi connectivity index (χ0n) is 13.6. The zero-order chi connectivity index (χ0) is 17.1. The molecule has 0 saturated carbocycles. The second kappa shape index (κ2) is 6.73. The molecule has 0 aliphatic carbocycles. The number of rotatable bonds is 4. The van der Waals surface area contributed by atoms with Gasteiger partial charge in [0, 0.05) is 19.3 Å². The fraction of sp³-hybridized carbons (Fsp3) is 0.353. The van der Waals surface area contributed by atoms with Crippen LogP contribution in [-0.2, 0) is 0 Å². The molecule has 1 fully saturated rings. The van der Waals surface area contributed by atoms with Crippen molar-refractivity contribution in [2.75, 3.05) is 24.6 Å². The molecule has 0 amide bonds. The van der Waals surface area contributed by atoms with E-state index in [9.17, 15) is 0 Å². The summed E-state index contributed by atoms with van der Waals surface area (Å²) in [5, 5.41) is 21.4. The summed E-state index contributed by atoms with van der Waals surface area (Å²) in [5.74, 6) is 1.80. The van der Waals surface area contributed by atoms with Gasteiger partial charge >= 0.3 is 0 Å². The second-order valence-electron chi connectivity index (χ2n) is 6.03. The van der Waals surface area contributed by atoms with Crippen molar-refractivity contribution in [1.29, 1.82) is 5.26 Å². The van der Waals surface area contributed by atoms with E-state index in [0.717, 1.165) is 37.4 Å². The Morgan fingerprint density at radius 1 is 1.24 bits per heavy atom. The molecular formula is C17H17N7O. The van der Waals surface area contributed by atoms with Crippen LogP contribution in [0.1, 0.15) is 18.4 Å². The zero-order valence-corrected chi connectivity index (χ0v) is 13.6. The molecule has 4 rings (SSSR count). The van der Waals surface area contributed by atoms with E-state index in [-0.39, 0.29) is 0 Å². The Morgan fingerprint density at radius 2 is 2.12 bits per heavy atom. The van der Waals surface area contributed by atoms with Crippen molar-refractivity contribution >= 4 is 11.5 Å². The van der Waals surface area contributed by atoms with Crippen LogP contribution in [-0.4, -0.2) is 44.5 Å². The number of hydrogen-bond donors (Lipinski definition) is 0. The van der Waals surface area contributed by atoms with E-state index in [0.29, 0.717) is 24.0 Å². The minimum absolute atomic E-state index is 0.423. The number of fused-ring (bicyclic) bond motifs is 1. The average molecular weight is 335 g/mol. The molecule has 0 atom stereocenters. The molecular weight excluding hydrogens is 318 g/mol. The van der Waals surface area contributed by atoms with Crippen molar-refractivity contribution in [1.82, 2.24) is 24.8 Å². The molecule has 0 aromatic carbocycles. The second-order valence-corrected chi connectivity index (χ2v) is 6.03. The summed E-state index contributed by atoms with van der Waals surface area (Å²) in [6.07, 6.45) is 5.28. The maximum atomic E-state index is 9.08. The lowest BCUT2D eigenvalue weighted by Crippen LogP contribution is -2.36. The van der Waals surface area contributed by atoms with Gasteiger partial charge in [0.1, 0.15) is 23.8 Å². The first-order valence-electron chi connectivity index (χ1n) is 8.23. The summed E-state index contributed by atoms with van der Waals surface area (Å²) >= 11 is 0. The molecule has 3 aromatic heterocycles. The largest absolute Gasteiger partial charge is 0.476 e. The van der Waals surface area contributed by atoms with Crippen molar-refractivity contribution in [3.63, 3.8) is 0 Å². The first kappa shape index (κ1) is 15.3. The van der Waals surface area contributed by atoms with Gasteiger partial charge in [-0.15, -0.1) is 15.3 Å². The third kappa shape index (κ3) is 3.21. The van der Waals surface area contributed by atoms with E-state index in [1.165, 1.54) is 0 Å². The third-order valence-electron chi connectivity index (χ3n) is 4.43. The van der Waals surface area contributed by atoms with Crippen LogP contribution < -0.4 is 9.64 Å². The quantitative estimate of drug-likeness (QED) is 0.716. The van der Waals surface area contributed by atoms with Crippen LogP contribution in [0.2, 0.25) is 0 Å². The number of piperidine rings is 1. The van der Waals surface area contributed by atoms with E-state index in [2.05, 4.69) is 31.2 Å². The Hall–Kier alpha value is -3.21. The molecule has 4 heterocycles. The van der Waals surface area contributed by atoms with Gasteiger partial charge in [-0.2, -0.15) is 9.78 Å². The van der Waals surface area contributed by atoms with Crippen molar-refractivity contribution in [3.8, 4) is 11.9 Å². The van der Waals surface area contributed by atoms with Crippen LogP contribution >= 0.6 is 0 Å². The highest BCUT2D eigenvalue weighted by Gasteiger charge is 2.21. The lowest BCUT2D eigenvalue weighted by atomic mass is 9.98. The van der Waals surface area contributed by atoms with Gasteiger partial charge in [-0.3, -0.25) is 0 Å². The summed E-state index contributed by atoms with van der Waals surface area (Å²) in [5.41, 5.74) is 1.22. The van der Waals surface area contributed by atoms with Crippen LogP contribution in [0.15, 0.2) is 36.8 Å². The molecule has 126 valence electrons. The van der Waals surface area contributed by atoms with Gasteiger partial charge in [0.15, 0.2) is 5.65 Å². The Labute approximate surface area is 144 Å². The monoisotopic (exact) mass is 335 g/mol. The summed E-state index contributed by atoms with van der Waals surface area (Å²) in [4.78, 5) is 6.40. The molecule has 8 heteroatoms. The van der Waals surface area contributed by atoms with Crippen LogP contribution in [0.25, 0.3) is 5.65 Å². The van der Waals surface area contributed by atoms with E-state index in [1.807, 2.05) is 12.1 Å². The molecule has 0 spiro atoms. The number of nitriles is 1. The number of anilines is 1. The van der Waals surface area contributed by atoms with Gasteiger partial charge < -0.3 is 9.64 Å². The van der Waals surface area contributed by atoms with E-state index in [4.69, 9.17) is 10.00 Å². The highest BCUT2D eigenvalue weighted by atomic mass is 16.5.